The molecule has 0 atom stereocenters. The molecular formula is C11H16N4O. The van der Waals surface area contributed by atoms with Gasteiger partial charge in [-0.25, -0.2) is 9.97 Å². The average Bonchev–Trinajstić information content (AvgIpc) is 2.76. The second-order valence-corrected chi connectivity index (χ2v) is 3.85. The summed E-state index contributed by atoms with van der Waals surface area (Å²) in [6.45, 7) is 5.27. The summed E-state index contributed by atoms with van der Waals surface area (Å²) in [5, 5.41) is 3.27. The second-order valence-electron chi connectivity index (χ2n) is 3.85. The Morgan fingerprint density at radius 3 is 2.75 bits per heavy atom. The lowest BCUT2D eigenvalue weighted by molar-refractivity contribution is 0.447. The van der Waals surface area contributed by atoms with Crippen LogP contribution in [0.1, 0.15) is 23.0 Å². The molecule has 0 radical (unpaired) electrons. The molecule has 0 aliphatic heterocycles. The molecule has 5 heteroatoms. The third kappa shape index (κ3) is 2.30. The molecule has 1 N–H and O–H groups in total. The summed E-state index contributed by atoms with van der Waals surface area (Å²) in [6, 6.07) is 0. The van der Waals surface area contributed by atoms with Crippen molar-refractivity contribution in [2.45, 2.75) is 26.9 Å². The minimum absolute atomic E-state index is 0.639. The number of hydrogen-bond donors (Lipinski definition) is 1. The van der Waals surface area contributed by atoms with Crippen LogP contribution in [0.15, 0.2) is 16.9 Å². The van der Waals surface area contributed by atoms with E-state index < -0.39 is 0 Å². The highest BCUT2D eigenvalue weighted by molar-refractivity contribution is 5.05. The third-order valence-electron chi connectivity index (χ3n) is 2.57. The molecule has 0 saturated heterocycles. The van der Waals surface area contributed by atoms with Gasteiger partial charge in [0, 0.05) is 19.8 Å². The van der Waals surface area contributed by atoms with Gasteiger partial charge in [-0.05, 0) is 13.8 Å². The Hall–Kier alpha value is -1.62. The van der Waals surface area contributed by atoms with Crippen molar-refractivity contribution in [2.75, 3.05) is 0 Å². The molecule has 2 aromatic heterocycles. The maximum Gasteiger partial charge on any atom is 0.208 e. The van der Waals surface area contributed by atoms with Crippen molar-refractivity contribution in [3.05, 3.63) is 35.6 Å². The lowest BCUT2D eigenvalue weighted by atomic mass is 10.4. The van der Waals surface area contributed by atoms with Crippen LogP contribution in [0.3, 0.4) is 0 Å². The highest BCUT2D eigenvalue weighted by Gasteiger charge is 2.05. The Morgan fingerprint density at radius 1 is 1.38 bits per heavy atom. The predicted octanol–water partition coefficient (Wildman–Crippen LogP) is 1.31. The normalized spacial score (nSPS) is 10.9. The van der Waals surface area contributed by atoms with Crippen molar-refractivity contribution in [2.24, 2.45) is 7.05 Å². The Kier molecular flexibility index (Phi) is 3.05. The van der Waals surface area contributed by atoms with Gasteiger partial charge in [0.15, 0.2) is 0 Å². The van der Waals surface area contributed by atoms with Gasteiger partial charge in [-0.1, -0.05) is 0 Å². The topological polar surface area (TPSA) is 55.9 Å². The van der Waals surface area contributed by atoms with Crippen LogP contribution in [-0.2, 0) is 20.1 Å². The smallest absolute Gasteiger partial charge is 0.208 e. The number of rotatable bonds is 4. The van der Waals surface area contributed by atoms with Gasteiger partial charge in [0.25, 0.3) is 0 Å². The highest BCUT2D eigenvalue weighted by Crippen LogP contribution is 2.07. The van der Waals surface area contributed by atoms with E-state index >= 15 is 0 Å². The first-order valence-electron chi connectivity index (χ1n) is 5.25. The first-order valence-corrected chi connectivity index (χ1v) is 5.25. The Bertz CT molecular complexity index is 453. The first kappa shape index (κ1) is 10.9. The molecule has 0 unspecified atom stereocenters. The summed E-state index contributed by atoms with van der Waals surface area (Å²) in [5.41, 5.74) is 2.09. The molecule has 86 valence electrons. The first-order chi connectivity index (χ1) is 7.66. The molecule has 0 aromatic carbocycles. The summed E-state index contributed by atoms with van der Waals surface area (Å²) < 4.78 is 7.45. The highest BCUT2D eigenvalue weighted by atomic mass is 16.4. The minimum atomic E-state index is 0.639. The van der Waals surface area contributed by atoms with Crippen molar-refractivity contribution in [3.8, 4) is 0 Å². The van der Waals surface area contributed by atoms with Gasteiger partial charge in [-0.2, -0.15) is 0 Å². The number of aryl methyl sites for hydroxylation is 3. The van der Waals surface area contributed by atoms with Gasteiger partial charge in [0.2, 0.25) is 5.89 Å². The van der Waals surface area contributed by atoms with E-state index in [4.69, 9.17) is 4.42 Å². The molecule has 2 aromatic rings. The monoisotopic (exact) mass is 220 g/mol. The van der Waals surface area contributed by atoms with Crippen LogP contribution in [0.4, 0.5) is 0 Å². The maximum absolute atomic E-state index is 5.47. The van der Waals surface area contributed by atoms with Crippen molar-refractivity contribution in [1.29, 1.82) is 0 Å². The molecule has 0 bridgehead atoms. The molecule has 0 fully saturated rings. The lowest BCUT2D eigenvalue weighted by Gasteiger charge is -2.02. The predicted molar refractivity (Wildman–Crippen MR) is 59.7 cm³/mol. The molecule has 0 spiro atoms. The van der Waals surface area contributed by atoms with E-state index in [2.05, 4.69) is 15.3 Å². The van der Waals surface area contributed by atoms with E-state index in [1.54, 1.807) is 6.33 Å². The molecule has 2 heterocycles. The van der Waals surface area contributed by atoms with Crippen molar-refractivity contribution >= 4 is 0 Å². The number of aromatic nitrogens is 3. The zero-order valence-corrected chi connectivity index (χ0v) is 9.82. The molecule has 16 heavy (non-hydrogen) atoms. The van der Waals surface area contributed by atoms with E-state index in [9.17, 15) is 0 Å². The number of hydrogen-bond acceptors (Lipinski definition) is 4. The third-order valence-corrected chi connectivity index (χ3v) is 2.57. The Labute approximate surface area is 94.5 Å². The van der Waals surface area contributed by atoms with E-state index in [1.165, 1.54) is 0 Å². The SMILES string of the molecule is Cc1nc(CNCc2cncn2C)oc1C. The van der Waals surface area contributed by atoms with Crippen LogP contribution in [0, 0.1) is 13.8 Å². The van der Waals surface area contributed by atoms with Gasteiger partial charge in [-0.15, -0.1) is 0 Å². The van der Waals surface area contributed by atoms with E-state index in [0.717, 1.165) is 29.6 Å². The summed E-state index contributed by atoms with van der Waals surface area (Å²) in [5.74, 6) is 1.62. The molecule has 0 aliphatic carbocycles. The summed E-state index contributed by atoms with van der Waals surface area (Å²) in [4.78, 5) is 8.35. The summed E-state index contributed by atoms with van der Waals surface area (Å²) >= 11 is 0. The van der Waals surface area contributed by atoms with Gasteiger partial charge < -0.3 is 14.3 Å². The molecule has 5 nitrogen and oxygen atoms in total. The fourth-order valence-corrected chi connectivity index (χ4v) is 1.47. The van der Waals surface area contributed by atoms with Crippen LogP contribution in [-0.4, -0.2) is 14.5 Å². The van der Waals surface area contributed by atoms with E-state index in [-0.39, 0.29) is 0 Å². The van der Waals surface area contributed by atoms with Crippen LogP contribution in [0.5, 0.6) is 0 Å². The van der Waals surface area contributed by atoms with Crippen LogP contribution >= 0.6 is 0 Å². The fourth-order valence-electron chi connectivity index (χ4n) is 1.47. The molecule has 0 saturated carbocycles. The number of imidazole rings is 1. The Balaban J connectivity index is 1.87. The van der Waals surface area contributed by atoms with Crippen LogP contribution in [0.25, 0.3) is 0 Å². The minimum Gasteiger partial charge on any atom is -0.444 e. The van der Waals surface area contributed by atoms with Crippen molar-refractivity contribution in [3.63, 3.8) is 0 Å². The fraction of sp³-hybridized carbons (Fsp3) is 0.455. The zero-order chi connectivity index (χ0) is 11.5. The summed E-state index contributed by atoms with van der Waals surface area (Å²) in [7, 11) is 1.98. The van der Waals surface area contributed by atoms with Gasteiger partial charge in [-0.3, -0.25) is 0 Å². The molecular weight excluding hydrogens is 204 g/mol. The molecule has 0 aliphatic rings. The van der Waals surface area contributed by atoms with Crippen LogP contribution in [0.2, 0.25) is 0 Å². The standard InChI is InChI=1S/C11H16N4O/c1-8-9(2)16-11(14-8)6-12-4-10-5-13-7-15(10)3/h5,7,12H,4,6H2,1-3H3. The molecule has 0 amide bonds. The van der Waals surface area contributed by atoms with Gasteiger partial charge >= 0.3 is 0 Å². The number of nitrogens with one attached hydrogen (secondary N) is 1. The largest absolute Gasteiger partial charge is 0.444 e. The van der Waals surface area contributed by atoms with Crippen LogP contribution < -0.4 is 5.32 Å². The second kappa shape index (κ2) is 4.49. The molecule has 2 rings (SSSR count). The van der Waals surface area contributed by atoms with Gasteiger partial charge in [0.05, 0.1) is 24.3 Å². The van der Waals surface area contributed by atoms with E-state index in [0.29, 0.717) is 6.54 Å². The summed E-state index contributed by atoms with van der Waals surface area (Å²) in [6.07, 6.45) is 3.63. The number of oxazole rings is 1. The Morgan fingerprint density at radius 2 is 2.19 bits per heavy atom. The quantitative estimate of drug-likeness (QED) is 0.844. The lowest BCUT2D eigenvalue weighted by Crippen LogP contribution is -2.14. The maximum atomic E-state index is 5.47. The van der Waals surface area contributed by atoms with Crippen molar-refractivity contribution < 1.29 is 4.42 Å². The average molecular weight is 220 g/mol. The number of nitrogens with zero attached hydrogens (tertiary/aromatic N) is 3. The van der Waals surface area contributed by atoms with Gasteiger partial charge in [0.1, 0.15) is 5.76 Å². The zero-order valence-electron chi connectivity index (χ0n) is 9.82. The van der Waals surface area contributed by atoms with E-state index in [1.807, 2.05) is 31.7 Å². The van der Waals surface area contributed by atoms with Crippen molar-refractivity contribution in [1.82, 2.24) is 19.9 Å².